The van der Waals surface area contributed by atoms with Crippen molar-refractivity contribution >= 4 is 22.3 Å². The molecule has 0 N–H and O–H groups in total. The largest absolute Gasteiger partial charge is 0.497 e. The number of fused-ring (bicyclic) bond motifs is 3. The predicted octanol–water partition coefficient (Wildman–Crippen LogP) is 4.78. The van der Waals surface area contributed by atoms with Gasteiger partial charge >= 0.3 is 5.69 Å². The van der Waals surface area contributed by atoms with Crippen LogP contribution in [0.15, 0.2) is 71.5 Å². The van der Waals surface area contributed by atoms with Gasteiger partial charge < -0.3 is 4.74 Å². The van der Waals surface area contributed by atoms with Crippen molar-refractivity contribution in [3.8, 4) is 17.1 Å². The number of Topliss-reactive ketones (excluding diaryl/α,β-unsaturated/α-hetero) is 1. The Bertz CT molecular complexity index is 1610. The SMILES string of the molecule is COc1ccc(-c2nc3c4ccccc4n([C@H](C)C(=O)c4ccc(C)c(C)c4)c(=O)n3n2)cc1. The number of aryl methyl sites for hydroxylation is 2. The molecule has 7 heteroatoms. The molecular weight excluding hydrogens is 428 g/mol. The maximum absolute atomic E-state index is 13.6. The number of rotatable bonds is 5. The summed E-state index contributed by atoms with van der Waals surface area (Å²) in [6.07, 6.45) is 0. The number of nitrogens with zero attached hydrogens (tertiary/aromatic N) is 4. The van der Waals surface area contributed by atoms with Gasteiger partial charge in [-0.2, -0.15) is 4.52 Å². The van der Waals surface area contributed by atoms with Gasteiger partial charge in [-0.25, -0.2) is 9.78 Å². The Morgan fingerprint density at radius 2 is 1.71 bits per heavy atom. The molecule has 0 fully saturated rings. The van der Waals surface area contributed by atoms with Gasteiger partial charge in [0, 0.05) is 16.5 Å². The molecule has 1 atom stereocenters. The lowest BCUT2D eigenvalue weighted by Gasteiger charge is -2.17. The van der Waals surface area contributed by atoms with Gasteiger partial charge in [0.2, 0.25) is 0 Å². The molecule has 0 amide bonds. The van der Waals surface area contributed by atoms with Crippen molar-refractivity contribution in [1.29, 1.82) is 0 Å². The molecule has 0 bridgehead atoms. The summed E-state index contributed by atoms with van der Waals surface area (Å²) in [5.74, 6) is 1.01. The first-order valence-corrected chi connectivity index (χ1v) is 11.0. The van der Waals surface area contributed by atoms with Crippen LogP contribution in [0.5, 0.6) is 5.75 Å². The number of para-hydroxylation sites is 1. The van der Waals surface area contributed by atoms with E-state index in [2.05, 4.69) is 10.1 Å². The van der Waals surface area contributed by atoms with Gasteiger partial charge in [-0.05, 0) is 74.4 Å². The third-order valence-corrected chi connectivity index (χ3v) is 6.31. The first-order chi connectivity index (χ1) is 16.4. The second kappa shape index (κ2) is 8.26. The molecule has 5 aromatic rings. The summed E-state index contributed by atoms with van der Waals surface area (Å²) < 4.78 is 8.01. The fourth-order valence-electron chi connectivity index (χ4n) is 4.19. The fourth-order valence-corrected chi connectivity index (χ4v) is 4.19. The fraction of sp³-hybridized carbons (Fsp3) is 0.185. The lowest BCUT2D eigenvalue weighted by molar-refractivity contribution is 0.0934. The third-order valence-electron chi connectivity index (χ3n) is 6.31. The highest BCUT2D eigenvalue weighted by molar-refractivity contribution is 6.00. The smallest absolute Gasteiger partial charge is 0.351 e. The molecule has 5 rings (SSSR count). The number of methoxy groups -OCH3 is 1. The molecule has 0 saturated heterocycles. The zero-order chi connectivity index (χ0) is 24.0. The van der Waals surface area contributed by atoms with E-state index in [0.717, 1.165) is 27.8 Å². The van der Waals surface area contributed by atoms with E-state index in [-0.39, 0.29) is 5.78 Å². The number of ketones is 1. The van der Waals surface area contributed by atoms with Gasteiger partial charge in [-0.3, -0.25) is 9.36 Å². The van der Waals surface area contributed by atoms with E-state index in [9.17, 15) is 9.59 Å². The molecule has 2 heterocycles. The third kappa shape index (κ3) is 3.46. The average Bonchev–Trinajstić information content (AvgIpc) is 3.31. The summed E-state index contributed by atoms with van der Waals surface area (Å²) >= 11 is 0. The molecule has 7 nitrogen and oxygen atoms in total. The van der Waals surface area contributed by atoms with Gasteiger partial charge in [0.1, 0.15) is 5.75 Å². The minimum atomic E-state index is -0.724. The van der Waals surface area contributed by atoms with E-state index in [0.29, 0.717) is 22.6 Å². The summed E-state index contributed by atoms with van der Waals surface area (Å²) in [5.41, 5.74) is 4.16. The predicted molar refractivity (Wildman–Crippen MR) is 132 cm³/mol. The van der Waals surface area contributed by atoms with Crippen LogP contribution < -0.4 is 10.4 Å². The number of benzene rings is 3. The molecule has 0 spiro atoms. The van der Waals surface area contributed by atoms with Crippen molar-refractivity contribution < 1.29 is 9.53 Å². The topological polar surface area (TPSA) is 78.5 Å². The number of ether oxygens (including phenoxy) is 1. The molecular formula is C27H24N4O3. The summed E-state index contributed by atoms with van der Waals surface area (Å²) in [7, 11) is 1.60. The van der Waals surface area contributed by atoms with E-state index in [1.807, 2.05) is 80.6 Å². The first-order valence-electron chi connectivity index (χ1n) is 11.0. The molecule has 0 aliphatic heterocycles. The monoisotopic (exact) mass is 452 g/mol. The van der Waals surface area contributed by atoms with Crippen LogP contribution in [0, 0.1) is 13.8 Å². The minimum absolute atomic E-state index is 0.134. The van der Waals surface area contributed by atoms with Crippen LogP contribution in [-0.4, -0.2) is 32.1 Å². The quantitative estimate of drug-likeness (QED) is 0.359. The second-order valence-corrected chi connectivity index (χ2v) is 8.41. The summed E-state index contributed by atoms with van der Waals surface area (Å²) in [6.45, 7) is 5.73. The Kier molecular flexibility index (Phi) is 5.24. The average molecular weight is 453 g/mol. The van der Waals surface area contributed by atoms with Crippen LogP contribution >= 0.6 is 0 Å². The van der Waals surface area contributed by atoms with Crippen LogP contribution in [0.25, 0.3) is 27.9 Å². The van der Waals surface area contributed by atoms with Crippen molar-refractivity contribution in [3.05, 3.63) is 93.9 Å². The normalized spacial score (nSPS) is 12.2. The first kappa shape index (κ1) is 21.6. The molecule has 3 aromatic carbocycles. The van der Waals surface area contributed by atoms with Gasteiger partial charge in [-0.1, -0.05) is 24.3 Å². The lowest BCUT2D eigenvalue weighted by Crippen LogP contribution is -2.33. The molecule has 34 heavy (non-hydrogen) atoms. The molecule has 0 aliphatic rings. The number of hydrogen-bond acceptors (Lipinski definition) is 5. The van der Waals surface area contributed by atoms with E-state index >= 15 is 0 Å². The summed E-state index contributed by atoms with van der Waals surface area (Å²) in [4.78, 5) is 31.7. The number of hydrogen-bond donors (Lipinski definition) is 0. The van der Waals surface area contributed by atoms with Crippen LogP contribution in [-0.2, 0) is 0 Å². The maximum Gasteiger partial charge on any atom is 0.351 e. The van der Waals surface area contributed by atoms with Crippen molar-refractivity contribution in [2.24, 2.45) is 0 Å². The highest BCUT2D eigenvalue weighted by atomic mass is 16.5. The van der Waals surface area contributed by atoms with Crippen molar-refractivity contribution in [2.45, 2.75) is 26.8 Å². The molecule has 0 saturated carbocycles. The Labute approximate surface area is 196 Å². The van der Waals surface area contributed by atoms with Crippen molar-refractivity contribution in [2.75, 3.05) is 7.11 Å². The molecule has 2 aromatic heterocycles. The van der Waals surface area contributed by atoms with E-state index in [4.69, 9.17) is 4.74 Å². The zero-order valence-corrected chi connectivity index (χ0v) is 19.4. The Morgan fingerprint density at radius 3 is 2.41 bits per heavy atom. The Morgan fingerprint density at radius 1 is 0.971 bits per heavy atom. The van der Waals surface area contributed by atoms with Crippen LogP contribution in [0.2, 0.25) is 0 Å². The summed E-state index contributed by atoms with van der Waals surface area (Å²) in [5, 5.41) is 5.25. The zero-order valence-electron chi connectivity index (χ0n) is 19.4. The number of carbonyl (C=O) groups excluding carboxylic acids is 1. The highest BCUT2D eigenvalue weighted by Gasteiger charge is 2.24. The molecule has 0 unspecified atom stereocenters. The van der Waals surface area contributed by atoms with Crippen molar-refractivity contribution in [1.82, 2.24) is 19.2 Å². The minimum Gasteiger partial charge on any atom is -0.497 e. The van der Waals surface area contributed by atoms with Gasteiger partial charge in [0.25, 0.3) is 0 Å². The number of carbonyl (C=O) groups is 1. The van der Waals surface area contributed by atoms with Gasteiger partial charge in [-0.15, -0.1) is 5.10 Å². The lowest BCUT2D eigenvalue weighted by atomic mass is 10.00. The highest BCUT2D eigenvalue weighted by Crippen LogP contribution is 2.25. The number of aromatic nitrogens is 4. The van der Waals surface area contributed by atoms with Gasteiger partial charge in [0.05, 0.1) is 18.7 Å². The molecule has 170 valence electrons. The Hall–Kier alpha value is -4.26. The van der Waals surface area contributed by atoms with E-state index in [1.54, 1.807) is 14.0 Å². The van der Waals surface area contributed by atoms with E-state index < -0.39 is 11.7 Å². The second-order valence-electron chi connectivity index (χ2n) is 8.41. The van der Waals surface area contributed by atoms with Crippen LogP contribution in [0.3, 0.4) is 0 Å². The maximum atomic E-state index is 13.6. The molecule has 0 aliphatic carbocycles. The van der Waals surface area contributed by atoms with Gasteiger partial charge in [0.15, 0.2) is 17.3 Å². The standard InChI is InChI=1S/C27H24N4O3/c1-16-9-10-20(15-17(16)2)24(32)18(3)30-23-8-6-5-7-22(23)26-28-25(29-31(26)27(30)33)19-11-13-21(34-4)14-12-19/h5-15,18H,1-4H3/t18-/m1/s1. The molecule has 0 radical (unpaired) electrons. The summed E-state index contributed by atoms with van der Waals surface area (Å²) in [6, 6.07) is 19.7. The van der Waals surface area contributed by atoms with Crippen LogP contribution in [0.4, 0.5) is 0 Å². The van der Waals surface area contributed by atoms with Crippen molar-refractivity contribution in [3.63, 3.8) is 0 Å². The van der Waals surface area contributed by atoms with Crippen LogP contribution in [0.1, 0.15) is 34.5 Å². The van der Waals surface area contributed by atoms with E-state index in [1.165, 1.54) is 9.08 Å². The Balaban J connectivity index is 1.69.